The van der Waals surface area contributed by atoms with E-state index in [9.17, 15) is 13.6 Å². The van der Waals surface area contributed by atoms with Gasteiger partial charge >= 0.3 is 0 Å². The molecule has 8 heteroatoms. The minimum absolute atomic E-state index is 0. The van der Waals surface area contributed by atoms with E-state index in [1.165, 1.54) is 17.7 Å². The molecule has 0 N–H and O–H groups in total. The molecule has 0 fully saturated rings. The number of ether oxygens (including phenoxy) is 2. The van der Waals surface area contributed by atoms with Crippen LogP contribution in [0.5, 0.6) is 5.75 Å². The molecular weight excluding hydrogens is 461 g/mol. The molecule has 0 saturated heterocycles. The molecule has 1 radical (unpaired) electrons. The monoisotopic (exact) mass is 475 g/mol. The van der Waals surface area contributed by atoms with E-state index in [4.69, 9.17) is 9.47 Å². The van der Waals surface area contributed by atoms with Crippen molar-refractivity contribution in [3.05, 3.63) is 50.7 Å². The van der Waals surface area contributed by atoms with Gasteiger partial charge in [0, 0.05) is 58.5 Å². The Morgan fingerprint density at radius 2 is 1.88 bits per heavy atom. The zero-order valence-electron chi connectivity index (χ0n) is 13.2. The van der Waals surface area contributed by atoms with Gasteiger partial charge in [-0.05, 0) is 17.0 Å². The summed E-state index contributed by atoms with van der Waals surface area (Å²) in [6.45, 7) is 2.46. The van der Waals surface area contributed by atoms with Crippen LogP contribution in [0, 0.1) is 17.7 Å². The van der Waals surface area contributed by atoms with Crippen molar-refractivity contribution >= 4 is 15.9 Å². The van der Waals surface area contributed by atoms with Gasteiger partial charge < -0.3 is 14.0 Å². The Bertz CT molecular complexity index is 744. The predicted octanol–water partition coefficient (Wildman–Crippen LogP) is 3.40. The van der Waals surface area contributed by atoms with Gasteiger partial charge in [0.15, 0.2) is 0 Å². The molecule has 1 heterocycles. The zero-order chi connectivity index (χ0) is 17.0. The topological polar surface area (TPSA) is 40.5 Å². The number of nitrogens with zero attached hydrogens (tertiary/aromatic N) is 1. The van der Waals surface area contributed by atoms with Gasteiger partial charge in [0.2, 0.25) is 5.56 Å². The van der Waals surface area contributed by atoms with E-state index in [1.54, 1.807) is 6.92 Å². The average Bonchev–Trinajstić information content (AvgIpc) is 2.50. The maximum Gasteiger partial charge on any atom is 0.208 e. The van der Waals surface area contributed by atoms with E-state index in [0.29, 0.717) is 6.61 Å². The van der Waals surface area contributed by atoms with E-state index in [0.717, 1.165) is 12.1 Å². The Morgan fingerprint density at radius 1 is 1.25 bits per heavy atom. The predicted molar refractivity (Wildman–Crippen MR) is 85.6 cm³/mol. The quantitative estimate of drug-likeness (QED) is 0.475. The van der Waals surface area contributed by atoms with Crippen LogP contribution < -0.4 is 10.3 Å². The standard InChI is InChI=1S/C16H15BrF2NO3.Y/c1-3-20-14(5-4-11(17)16(20)21)15-12(18)8-10(9-13(15)19)23-7-6-22-2;/h4,8-9H,3,6-7H2,1-2H3;/q-1;. The minimum Gasteiger partial charge on any atom is -0.491 e. The smallest absolute Gasteiger partial charge is 0.208 e. The largest absolute Gasteiger partial charge is 0.491 e. The Morgan fingerprint density at radius 3 is 2.42 bits per heavy atom. The fraction of sp³-hybridized carbons (Fsp3) is 0.312. The SMILES string of the molecule is CCn1c(-c2c(F)cc(OCCOC)cc2F)[c-]cc(Br)c1=O.[Y]. The second-order valence-electron chi connectivity index (χ2n) is 4.64. The molecule has 24 heavy (non-hydrogen) atoms. The van der Waals surface area contributed by atoms with E-state index in [2.05, 4.69) is 22.0 Å². The van der Waals surface area contributed by atoms with Crippen LogP contribution in [-0.2, 0) is 44.0 Å². The van der Waals surface area contributed by atoms with E-state index >= 15 is 0 Å². The number of aromatic nitrogens is 1. The number of pyridine rings is 1. The van der Waals surface area contributed by atoms with Gasteiger partial charge in [-0.2, -0.15) is 12.1 Å². The molecule has 0 atom stereocenters. The van der Waals surface area contributed by atoms with Crippen LogP contribution in [0.3, 0.4) is 0 Å². The molecule has 0 amide bonds. The second kappa shape index (κ2) is 9.75. The second-order valence-corrected chi connectivity index (χ2v) is 5.49. The Labute approximate surface area is 172 Å². The molecule has 2 rings (SSSR count). The maximum atomic E-state index is 14.4. The summed E-state index contributed by atoms with van der Waals surface area (Å²) >= 11 is 3.09. The number of rotatable bonds is 6. The zero-order valence-corrected chi connectivity index (χ0v) is 17.7. The molecule has 1 aromatic carbocycles. The van der Waals surface area contributed by atoms with E-state index in [1.807, 2.05) is 0 Å². The van der Waals surface area contributed by atoms with Crippen molar-refractivity contribution in [2.45, 2.75) is 13.5 Å². The van der Waals surface area contributed by atoms with Crippen molar-refractivity contribution in [2.75, 3.05) is 20.3 Å². The van der Waals surface area contributed by atoms with Gasteiger partial charge in [-0.3, -0.25) is 4.79 Å². The molecule has 4 nitrogen and oxygen atoms in total. The molecule has 0 unspecified atom stereocenters. The Balaban J connectivity index is 0.00000288. The van der Waals surface area contributed by atoms with E-state index in [-0.39, 0.29) is 72.9 Å². The summed E-state index contributed by atoms with van der Waals surface area (Å²) in [7, 11) is 1.50. The molecule has 0 aliphatic carbocycles. The molecule has 0 aliphatic rings. The first-order valence-electron chi connectivity index (χ1n) is 6.91. The van der Waals surface area contributed by atoms with Gasteiger partial charge in [-0.1, -0.05) is 5.69 Å². The summed E-state index contributed by atoms with van der Waals surface area (Å²) in [6.07, 6.45) is 0. The van der Waals surface area contributed by atoms with E-state index < -0.39 is 11.6 Å². The minimum atomic E-state index is -0.822. The van der Waals surface area contributed by atoms with Gasteiger partial charge in [0.1, 0.15) is 12.4 Å². The molecule has 0 bridgehead atoms. The Hall–Kier alpha value is -0.626. The fourth-order valence-corrected chi connectivity index (χ4v) is 2.44. The van der Waals surface area contributed by atoms with Crippen molar-refractivity contribution in [3.8, 4) is 17.0 Å². The van der Waals surface area contributed by atoms with Gasteiger partial charge in [-0.15, -0.1) is 15.9 Å². The number of methoxy groups -OCH3 is 1. The third kappa shape index (κ3) is 4.72. The molecule has 0 spiro atoms. The normalized spacial score (nSPS) is 10.4. The van der Waals surface area contributed by atoms with Crippen molar-refractivity contribution in [3.63, 3.8) is 0 Å². The number of halogens is 3. The van der Waals surface area contributed by atoms with Crippen LogP contribution in [0.25, 0.3) is 11.3 Å². The van der Waals surface area contributed by atoms with Crippen molar-refractivity contribution in [2.24, 2.45) is 0 Å². The summed E-state index contributed by atoms with van der Waals surface area (Å²) in [5.74, 6) is -1.58. The number of benzene rings is 1. The first kappa shape index (κ1) is 21.4. The summed E-state index contributed by atoms with van der Waals surface area (Å²) in [5, 5.41) is 0. The molecule has 1 aromatic heterocycles. The third-order valence-corrected chi connectivity index (χ3v) is 3.75. The Kier molecular flexibility index (Phi) is 8.70. The van der Waals surface area contributed by atoms with Crippen LogP contribution in [0.4, 0.5) is 8.78 Å². The van der Waals surface area contributed by atoms with Crippen molar-refractivity contribution in [1.82, 2.24) is 4.57 Å². The summed E-state index contributed by atoms with van der Waals surface area (Å²) in [5.41, 5.74) is -0.629. The van der Waals surface area contributed by atoms with Crippen LogP contribution in [0.2, 0.25) is 0 Å². The number of hydrogen-bond acceptors (Lipinski definition) is 3. The molecule has 127 valence electrons. The van der Waals surface area contributed by atoms with Gasteiger partial charge in [0.25, 0.3) is 0 Å². The van der Waals surface area contributed by atoms with Crippen LogP contribution in [0.1, 0.15) is 6.92 Å². The molecule has 2 aromatic rings. The van der Waals surface area contributed by atoms with Crippen molar-refractivity contribution < 1.29 is 51.0 Å². The van der Waals surface area contributed by atoms with Gasteiger partial charge in [-0.25, -0.2) is 8.78 Å². The number of hydrogen-bond donors (Lipinski definition) is 0. The summed E-state index contributed by atoms with van der Waals surface area (Å²) in [6, 6.07) is 6.25. The fourth-order valence-electron chi connectivity index (χ4n) is 2.11. The van der Waals surface area contributed by atoms with Crippen LogP contribution in [0.15, 0.2) is 27.5 Å². The molecular formula is C16H15BrF2NO3Y-. The maximum absolute atomic E-state index is 14.4. The first-order chi connectivity index (χ1) is 11.0. The summed E-state index contributed by atoms with van der Waals surface area (Å²) in [4.78, 5) is 12.1. The average molecular weight is 476 g/mol. The molecule has 0 aliphatic heterocycles. The van der Waals surface area contributed by atoms with Crippen molar-refractivity contribution in [1.29, 1.82) is 0 Å². The van der Waals surface area contributed by atoms with Crippen LogP contribution in [-0.4, -0.2) is 24.9 Å². The summed E-state index contributed by atoms with van der Waals surface area (Å²) < 4.78 is 40.3. The van der Waals surface area contributed by atoms with Crippen LogP contribution >= 0.6 is 15.9 Å². The third-order valence-electron chi connectivity index (χ3n) is 3.18. The van der Waals surface area contributed by atoms with Gasteiger partial charge in [0.05, 0.1) is 18.2 Å². The first-order valence-corrected chi connectivity index (χ1v) is 7.71. The molecule has 0 saturated carbocycles.